The zero-order valence-electron chi connectivity index (χ0n) is 10.7. The number of carbonyl (C=O) groups excluding carboxylic acids is 1. The molecule has 4 heteroatoms. The SMILES string of the molecule is Cc1ccc(C(=O)N2CCC(CCN)C2)cc1O. The Hall–Kier alpha value is -1.55. The number of rotatable bonds is 3. The number of aromatic hydroxyl groups is 1. The van der Waals surface area contributed by atoms with Crippen LogP contribution in [0.15, 0.2) is 18.2 Å². The van der Waals surface area contributed by atoms with E-state index in [1.165, 1.54) is 0 Å². The Kier molecular flexibility index (Phi) is 3.87. The highest BCUT2D eigenvalue weighted by Gasteiger charge is 2.26. The van der Waals surface area contributed by atoms with E-state index in [-0.39, 0.29) is 11.7 Å². The number of carbonyl (C=O) groups is 1. The van der Waals surface area contributed by atoms with Gasteiger partial charge in [-0.15, -0.1) is 0 Å². The van der Waals surface area contributed by atoms with Crippen molar-refractivity contribution in [2.45, 2.75) is 19.8 Å². The van der Waals surface area contributed by atoms with Crippen LogP contribution in [0.25, 0.3) is 0 Å². The van der Waals surface area contributed by atoms with Crippen molar-refractivity contribution >= 4 is 5.91 Å². The van der Waals surface area contributed by atoms with Gasteiger partial charge in [0.05, 0.1) is 0 Å². The Morgan fingerprint density at radius 1 is 1.56 bits per heavy atom. The lowest BCUT2D eigenvalue weighted by Crippen LogP contribution is -2.28. The van der Waals surface area contributed by atoms with Crippen molar-refractivity contribution in [2.75, 3.05) is 19.6 Å². The zero-order chi connectivity index (χ0) is 13.1. The molecule has 0 bridgehead atoms. The number of phenols is 1. The molecule has 0 aromatic heterocycles. The summed E-state index contributed by atoms with van der Waals surface area (Å²) < 4.78 is 0. The van der Waals surface area contributed by atoms with E-state index in [0.29, 0.717) is 18.0 Å². The fraction of sp³-hybridized carbons (Fsp3) is 0.500. The van der Waals surface area contributed by atoms with Gasteiger partial charge in [0.15, 0.2) is 0 Å². The molecule has 1 aromatic rings. The van der Waals surface area contributed by atoms with E-state index in [1.807, 2.05) is 11.8 Å². The van der Waals surface area contributed by atoms with Gasteiger partial charge < -0.3 is 15.7 Å². The number of likely N-dealkylation sites (tertiary alicyclic amines) is 1. The molecule has 1 atom stereocenters. The van der Waals surface area contributed by atoms with Crippen LogP contribution in [0.5, 0.6) is 5.75 Å². The number of hydrogen-bond donors (Lipinski definition) is 2. The Labute approximate surface area is 107 Å². The van der Waals surface area contributed by atoms with E-state index in [1.54, 1.807) is 18.2 Å². The second kappa shape index (κ2) is 5.40. The zero-order valence-corrected chi connectivity index (χ0v) is 10.7. The van der Waals surface area contributed by atoms with Crippen molar-refractivity contribution < 1.29 is 9.90 Å². The first-order valence-corrected chi connectivity index (χ1v) is 6.40. The Morgan fingerprint density at radius 2 is 2.33 bits per heavy atom. The second-order valence-corrected chi connectivity index (χ2v) is 4.98. The third-order valence-electron chi connectivity index (χ3n) is 3.60. The highest BCUT2D eigenvalue weighted by molar-refractivity contribution is 5.94. The quantitative estimate of drug-likeness (QED) is 0.852. The molecule has 1 aliphatic heterocycles. The molecular formula is C14H20N2O2. The standard InChI is InChI=1S/C14H20N2O2/c1-10-2-3-12(8-13(10)17)14(18)16-7-5-11(9-16)4-6-15/h2-3,8,11,17H,4-7,9,15H2,1H3. The summed E-state index contributed by atoms with van der Waals surface area (Å²) >= 11 is 0. The average molecular weight is 248 g/mol. The van der Waals surface area contributed by atoms with Crippen molar-refractivity contribution in [3.05, 3.63) is 29.3 Å². The minimum absolute atomic E-state index is 0.00446. The second-order valence-electron chi connectivity index (χ2n) is 4.98. The van der Waals surface area contributed by atoms with Crippen LogP contribution in [0, 0.1) is 12.8 Å². The van der Waals surface area contributed by atoms with Crippen molar-refractivity contribution in [1.82, 2.24) is 4.90 Å². The molecular weight excluding hydrogens is 228 g/mol. The lowest BCUT2D eigenvalue weighted by Gasteiger charge is -2.17. The first kappa shape index (κ1) is 12.9. The van der Waals surface area contributed by atoms with Gasteiger partial charge in [0.25, 0.3) is 5.91 Å². The Bertz CT molecular complexity index is 445. The summed E-state index contributed by atoms with van der Waals surface area (Å²) in [4.78, 5) is 14.1. The molecule has 2 rings (SSSR count). The van der Waals surface area contributed by atoms with E-state index in [4.69, 9.17) is 5.73 Å². The molecule has 1 saturated heterocycles. The van der Waals surface area contributed by atoms with E-state index < -0.39 is 0 Å². The third-order valence-corrected chi connectivity index (χ3v) is 3.60. The van der Waals surface area contributed by atoms with Crippen LogP contribution in [0.3, 0.4) is 0 Å². The van der Waals surface area contributed by atoms with Gasteiger partial charge in [0.1, 0.15) is 5.75 Å². The summed E-state index contributed by atoms with van der Waals surface area (Å²) in [5.41, 5.74) is 6.89. The van der Waals surface area contributed by atoms with Gasteiger partial charge >= 0.3 is 0 Å². The summed E-state index contributed by atoms with van der Waals surface area (Å²) in [5, 5.41) is 9.64. The maximum absolute atomic E-state index is 12.2. The number of nitrogens with two attached hydrogens (primary N) is 1. The summed E-state index contributed by atoms with van der Waals surface area (Å²) in [6.07, 6.45) is 2.00. The van der Waals surface area contributed by atoms with Crippen molar-refractivity contribution in [2.24, 2.45) is 11.7 Å². The number of phenolic OH excluding ortho intramolecular Hbond substituents is 1. The third kappa shape index (κ3) is 2.64. The molecule has 0 spiro atoms. The Balaban J connectivity index is 2.05. The average Bonchev–Trinajstić information content (AvgIpc) is 2.81. The molecule has 1 fully saturated rings. The van der Waals surface area contributed by atoms with Crippen LogP contribution in [-0.2, 0) is 0 Å². The largest absolute Gasteiger partial charge is 0.508 e. The molecule has 98 valence electrons. The summed E-state index contributed by atoms with van der Waals surface area (Å²) in [6.45, 7) is 4.07. The molecule has 0 saturated carbocycles. The fourth-order valence-electron chi connectivity index (χ4n) is 2.41. The summed E-state index contributed by atoms with van der Waals surface area (Å²) in [6, 6.07) is 5.09. The van der Waals surface area contributed by atoms with Gasteiger partial charge in [-0.05, 0) is 49.9 Å². The molecule has 1 amide bonds. The monoisotopic (exact) mass is 248 g/mol. The molecule has 1 aliphatic rings. The molecule has 1 unspecified atom stereocenters. The predicted molar refractivity (Wildman–Crippen MR) is 70.5 cm³/mol. The molecule has 1 aromatic carbocycles. The normalized spacial score (nSPS) is 19.2. The van der Waals surface area contributed by atoms with Gasteiger partial charge in [-0.25, -0.2) is 0 Å². The van der Waals surface area contributed by atoms with Crippen molar-refractivity contribution in [1.29, 1.82) is 0 Å². The predicted octanol–water partition coefficient (Wildman–Crippen LogP) is 1.51. The van der Waals surface area contributed by atoms with Crippen LogP contribution in [0.2, 0.25) is 0 Å². The number of amides is 1. The highest BCUT2D eigenvalue weighted by atomic mass is 16.3. The first-order valence-electron chi connectivity index (χ1n) is 6.40. The lowest BCUT2D eigenvalue weighted by atomic mass is 10.1. The van der Waals surface area contributed by atoms with E-state index >= 15 is 0 Å². The first-order chi connectivity index (χ1) is 8.61. The van der Waals surface area contributed by atoms with E-state index in [9.17, 15) is 9.90 Å². The van der Waals surface area contributed by atoms with Gasteiger partial charge in [-0.2, -0.15) is 0 Å². The van der Waals surface area contributed by atoms with Crippen LogP contribution in [0.1, 0.15) is 28.8 Å². The maximum Gasteiger partial charge on any atom is 0.253 e. The number of aryl methyl sites for hydroxylation is 1. The molecule has 0 radical (unpaired) electrons. The van der Waals surface area contributed by atoms with Gasteiger partial charge in [-0.3, -0.25) is 4.79 Å². The lowest BCUT2D eigenvalue weighted by molar-refractivity contribution is 0.0786. The van der Waals surface area contributed by atoms with Gasteiger partial charge in [-0.1, -0.05) is 6.07 Å². The fourth-order valence-corrected chi connectivity index (χ4v) is 2.41. The van der Waals surface area contributed by atoms with Gasteiger partial charge in [0.2, 0.25) is 0 Å². The number of benzene rings is 1. The molecule has 3 N–H and O–H groups in total. The molecule has 4 nitrogen and oxygen atoms in total. The van der Waals surface area contributed by atoms with Crippen molar-refractivity contribution in [3.8, 4) is 5.75 Å². The van der Waals surface area contributed by atoms with Crippen LogP contribution in [0.4, 0.5) is 0 Å². The smallest absolute Gasteiger partial charge is 0.253 e. The van der Waals surface area contributed by atoms with Gasteiger partial charge in [0, 0.05) is 18.7 Å². The van der Waals surface area contributed by atoms with Crippen molar-refractivity contribution in [3.63, 3.8) is 0 Å². The summed E-state index contributed by atoms with van der Waals surface area (Å²) in [7, 11) is 0. The van der Waals surface area contributed by atoms with E-state index in [0.717, 1.165) is 31.5 Å². The number of hydrogen-bond acceptors (Lipinski definition) is 3. The molecule has 0 aliphatic carbocycles. The maximum atomic E-state index is 12.2. The van der Waals surface area contributed by atoms with Crippen LogP contribution >= 0.6 is 0 Å². The molecule has 18 heavy (non-hydrogen) atoms. The Morgan fingerprint density at radius 3 is 3.00 bits per heavy atom. The highest BCUT2D eigenvalue weighted by Crippen LogP contribution is 2.23. The number of nitrogens with zero attached hydrogens (tertiary/aromatic N) is 1. The summed E-state index contributed by atoms with van der Waals surface area (Å²) in [5.74, 6) is 0.710. The minimum Gasteiger partial charge on any atom is -0.508 e. The van der Waals surface area contributed by atoms with E-state index in [2.05, 4.69) is 0 Å². The topological polar surface area (TPSA) is 66.6 Å². The van der Waals surface area contributed by atoms with Crippen LogP contribution in [-0.4, -0.2) is 35.5 Å². The molecule has 1 heterocycles. The minimum atomic E-state index is 0.00446. The van der Waals surface area contributed by atoms with Crippen LogP contribution < -0.4 is 5.73 Å².